The predicted octanol–water partition coefficient (Wildman–Crippen LogP) is 1.57. The molecule has 0 aliphatic rings. The maximum Gasteiger partial charge on any atom is 0.0765 e. The Morgan fingerprint density at radius 3 is 2.53 bits per heavy atom. The van der Waals surface area contributed by atoms with Gasteiger partial charge in [-0.25, -0.2) is 0 Å². The first-order valence-corrected chi connectivity index (χ1v) is 5.90. The molecule has 1 heterocycles. The van der Waals surface area contributed by atoms with Crippen molar-refractivity contribution in [2.24, 2.45) is 0 Å². The number of rotatable bonds is 5. The molecule has 4 heteroatoms. The van der Waals surface area contributed by atoms with E-state index in [0.29, 0.717) is 6.54 Å². The zero-order chi connectivity index (χ0) is 13.1. The van der Waals surface area contributed by atoms with E-state index < -0.39 is 5.60 Å². The summed E-state index contributed by atoms with van der Waals surface area (Å²) in [6.45, 7) is 6.25. The minimum atomic E-state index is -0.703. The second-order valence-electron chi connectivity index (χ2n) is 5.12. The number of pyridine rings is 1. The summed E-state index contributed by atoms with van der Waals surface area (Å²) >= 11 is 0. The van der Waals surface area contributed by atoms with E-state index in [1.807, 2.05) is 37.3 Å². The molecule has 2 N–H and O–H groups in total. The standard InChI is InChI=1S/C13H23N3O/c1-10(14-4)12-7-6-11(8-15-12)16(5)9-13(2,3)17/h6-8,10,14,17H,9H2,1-5H3. The van der Waals surface area contributed by atoms with Crippen LogP contribution in [0.5, 0.6) is 0 Å². The molecule has 1 aromatic rings. The summed E-state index contributed by atoms with van der Waals surface area (Å²) in [6, 6.07) is 4.29. The molecule has 0 fully saturated rings. The van der Waals surface area contributed by atoms with Crippen molar-refractivity contribution in [2.45, 2.75) is 32.4 Å². The highest BCUT2D eigenvalue weighted by molar-refractivity contribution is 5.44. The van der Waals surface area contributed by atoms with Crippen LogP contribution in [-0.4, -0.2) is 36.3 Å². The van der Waals surface area contributed by atoms with E-state index in [9.17, 15) is 5.11 Å². The van der Waals surface area contributed by atoms with Gasteiger partial charge in [-0.1, -0.05) is 0 Å². The molecule has 1 unspecified atom stereocenters. The van der Waals surface area contributed by atoms with Gasteiger partial charge in [0, 0.05) is 19.6 Å². The molecule has 4 nitrogen and oxygen atoms in total. The summed E-state index contributed by atoms with van der Waals surface area (Å²) in [5.41, 5.74) is 1.33. The van der Waals surface area contributed by atoms with E-state index in [1.165, 1.54) is 0 Å². The number of nitrogens with zero attached hydrogens (tertiary/aromatic N) is 2. The van der Waals surface area contributed by atoms with Gasteiger partial charge in [-0.05, 0) is 40.0 Å². The number of hydrogen-bond donors (Lipinski definition) is 2. The third kappa shape index (κ3) is 4.32. The van der Waals surface area contributed by atoms with Crippen LogP contribution in [0, 0.1) is 0 Å². The van der Waals surface area contributed by atoms with Gasteiger partial charge in [-0.15, -0.1) is 0 Å². The van der Waals surface area contributed by atoms with Gasteiger partial charge in [0.25, 0.3) is 0 Å². The molecular weight excluding hydrogens is 214 g/mol. The lowest BCUT2D eigenvalue weighted by atomic mass is 10.1. The number of hydrogen-bond acceptors (Lipinski definition) is 4. The molecule has 0 saturated heterocycles. The van der Waals surface area contributed by atoms with Crippen LogP contribution in [0.2, 0.25) is 0 Å². The van der Waals surface area contributed by atoms with Crippen LogP contribution in [0.25, 0.3) is 0 Å². The van der Waals surface area contributed by atoms with Gasteiger partial charge in [0.05, 0.1) is 23.2 Å². The molecule has 1 atom stereocenters. The van der Waals surface area contributed by atoms with Crippen LogP contribution in [0.4, 0.5) is 5.69 Å². The minimum absolute atomic E-state index is 0.253. The van der Waals surface area contributed by atoms with Crippen molar-refractivity contribution in [1.82, 2.24) is 10.3 Å². The average Bonchev–Trinajstić information content (AvgIpc) is 2.26. The molecule has 0 saturated carbocycles. The van der Waals surface area contributed by atoms with Crippen molar-refractivity contribution in [3.63, 3.8) is 0 Å². The highest BCUT2D eigenvalue weighted by Gasteiger charge is 2.16. The van der Waals surface area contributed by atoms with Gasteiger partial charge in [-0.3, -0.25) is 4.98 Å². The van der Waals surface area contributed by atoms with Crippen LogP contribution in [0.15, 0.2) is 18.3 Å². The summed E-state index contributed by atoms with van der Waals surface area (Å²) in [7, 11) is 3.87. The number of aliphatic hydroxyl groups is 1. The molecule has 96 valence electrons. The zero-order valence-electron chi connectivity index (χ0n) is 11.4. The fraction of sp³-hybridized carbons (Fsp3) is 0.615. The Balaban J connectivity index is 2.74. The number of anilines is 1. The van der Waals surface area contributed by atoms with Crippen LogP contribution < -0.4 is 10.2 Å². The van der Waals surface area contributed by atoms with E-state index >= 15 is 0 Å². The molecular formula is C13H23N3O. The molecule has 0 bridgehead atoms. The molecule has 0 aliphatic heterocycles. The number of nitrogens with one attached hydrogen (secondary N) is 1. The Morgan fingerprint density at radius 1 is 1.47 bits per heavy atom. The van der Waals surface area contributed by atoms with E-state index in [2.05, 4.69) is 17.2 Å². The SMILES string of the molecule is CNC(C)c1ccc(N(C)CC(C)(C)O)cn1. The lowest BCUT2D eigenvalue weighted by Crippen LogP contribution is -2.36. The summed E-state index contributed by atoms with van der Waals surface area (Å²) in [6.07, 6.45) is 1.84. The van der Waals surface area contributed by atoms with Crippen molar-refractivity contribution >= 4 is 5.69 Å². The topological polar surface area (TPSA) is 48.4 Å². The van der Waals surface area contributed by atoms with E-state index in [0.717, 1.165) is 11.4 Å². The van der Waals surface area contributed by atoms with Crippen LogP contribution in [-0.2, 0) is 0 Å². The van der Waals surface area contributed by atoms with Crippen molar-refractivity contribution in [3.8, 4) is 0 Å². The average molecular weight is 237 g/mol. The second-order valence-corrected chi connectivity index (χ2v) is 5.12. The summed E-state index contributed by atoms with van der Waals surface area (Å²) < 4.78 is 0. The fourth-order valence-corrected chi connectivity index (χ4v) is 1.70. The molecule has 0 spiro atoms. The first kappa shape index (κ1) is 13.9. The van der Waals surface area contributed by atoms with Crippen molar-refractivity contribution < 1.29 is 5.11 Å². The van der Waals surface area contributed by atoms with Crippen molar-refractivity contribution in [1.29, 1.82) is 0 Å². The maximum absolute atomic E-state index is 9.76. The van der Waals surface area contributed by atoms with E-state index in [1.54, 1.807) is 13.8 Å². The first-order chi connectivity index (χ1) is 7.83. The normalized spacial score (nSPS) is 13.5. The molecule has 1 rings (SSSR count). The maximum atomic E-state index is 9.76. The molecule has 0 aromatic carbocycles. The highest BCUT2D eigenvalue weighted by atomic mass is 16.3. The smallest absolute Gasteiger partial charge is 0.0765 e. The van der Waals surface area contributed by atoms with Crippen molar-refractivity contribution in [2.75, 3.05) is 25.5 Å². The molecule has 0 radical (unpaired) electrons. The first-order valence-electron chi connectivity index (χ1n) is 5.90. The molecule has 0 amide bonds. The Hall–Kier alpha value is -1.13. The van der Waals surface area contributed by atoms with Crippen LogP contribution in [0.3, 0.4) is 0 Å². The molecule has 17 heavy (non-hydrogen) atoms. The summed E-state index contributed by atoms with van der Waals surface area (Å²) in [5, 5.41) is 12.9. The zero-order valence-corrected chi connectivity index (χ0v) is 11.4. The Kier molecular flexibility index (Phi) is 4.48. The summed E-state index contributed by atoms with van der Waals surface area (Å²) in [5.74, 6) is 0. The minimum Gasteiger partial charge on any atom is -0.389 e. The fourth-order valence-electron chi connectivity index (χ4n) is 1.70. The molecule has 0 aliphatic carbocycles. The van der Waals surface area contributed by atoms with Crippen molar-refractivity contribution in [3.05, 3.63) is 24.0 Å². The van der Waals surface area contributed by atoms with Gasteiger partial charge in [0.15, 0.2) is 0 Å². The number of aromatic nitrogens is 1. The Labute approximate surface area is 104 Å². The quantitative estimate of drug-likeness (QED) is 0.816. The van der Waals surface area contributed by atoms with E-state index in [4.69, 9.17) is 0 Å². The largest absolute Gasteiger partial charge is 0.389 e. The monoisotopic (exact) mass is 237 g/mol. The predicted molar refractivity (Wildman–Crippen MR) is 71.3 cm³/mol. The third-order valence-corrected chi connectivity index (χ3v) is 2.71. The van der Waals surface area contributed by atoms with E-state index in [-0.39, 0.29) is 6.04 Å². The Morgan fingerprint density at radius 2 is 2.12 bits per heavy atom. The van der Waals surface area contributed by atoms with Crippen LogP contribution >= 0.6 is 0 Å². The van der Waals surface area contributed by atoms with Gasteiger partial charge in [0.1, 0.15) is 0 Å². The van der Waals surface area contributed by atoms with Crippen LogP contribution in [0.1, 0.15) is 32.5 Å². The Bertz CT molecular complexity index is 343. The van der Waals surface area contributed by atoms with Gasteiger partial charge in [0.2, 0.25) is 0 Å². The second kappa shape index (κ2) is 5.47. The van der Waals surface area contributed by atoms with Gasteiger partial charge >= 0.3 is 0 Å². The molecule has 1 aromatic heterocycles. The van der Waals surface area contributed by atoms with Gasteiger partial charge < -0.3 is 15.3 Å². The number of likely N-dealkylation sites (N-methyl/N-ethyl adjacent to an activating group) is 1. The lowest BCUT2D eigenvalue weighted by Gasteiger charge is -2.27. The summed E-state index contributed by atoms with van der Waals surface area (Å²) in [4.78, 5) is 6.42. The lowest BCUT2D eigenvalue weighted by molar-refractivity contribution is 0.0886. The third-order valence-electron chi connectivity index (χ3n) is 2.71. The van der Waals surface area contributed by atoms with Gasteiger partial charge in [-0.2, -0.15) is 0 Å². The highest BCUT2D eigenvalue weighted by Crippen LogP contribution is 2.17.